The molecule has 0 aromatic heterocycles. The van der Waals surface area contributed by atoms with E-state index in [1.807, 2.05) is 12.1 Å². The normalized spacial score (nSPS) is 15.2. The van der Waals surface area contributed by atoms with Gasteiger partial charge in [0, 0.05) is 16.6 Å². The van der Waals surface area contributed by atoms with Crippen LogP contribution in [-0.4, -0.2) is 27.5 Å². The minimum absolute atomic E-state index is 0.0594. The smallest absolute Gasteiger partial charge is 0.251 e. The van der Waals surface area contributed by atoms with Crippen LogP contribution >= 0.6 is 11.6 Å². The Labute approximate surface area is 176 Å². The third kappa shape index (κ3) is 5.29. The van der Waals surface area contributed by atoms with Gasteiger partial charge in [-0.3, -0.25) is 4.79 Å². The molecule has 3 rings (SSSR count). The molecule has 1 aliphatic carbocycles. The van der Waals surface area contributed by atoms with Crippen molar-refractivity contribution < 1.29 is 17.9 Å². The molecule has 0 heterocycles. The molecule has 0 spiro atoms. The average molecular weight is 437 g/mol. The second-order valence-electron chi connectivity index (χ2n) is 7.48. The molecule has 0 saturated heterocycles. The molecule has 1 amide bonds. The molecule has 1 unspecified atom stereocenters. The quantitative estimate of drug-likeness (QED) is 0.656. The van der Waals surface area contributed by atoms with Crippen molar-refractivity contribution in [1.82, 2.24) is 10.0 Å². The van der Waals surface area contributed by atoms with E-state index in [2.05, 4.69) is 10.0 Å². The van der Waals surface area contributed by atoms with Gasteiger partial charge in [-0.25, -0.2) is 13.1 Å². The van der Waals surface area contributed by atoms with Crippen LogP contribution in [0.4, 0.5) is 0 Å². The van der Waals surface area contributed by atoms with Crippen LogP contribution in [0.25, 0.3) is 0 Å². The zero-order valence-corrected chi connectivity index (χ0v) is 18.2. The van der Waals surface area contributed by atoms with Gasteiger partial charge in [0.2, 0.25) is 10.0 Å². The van der Waals surface area contributed by atoms with Crippen LogP contribution in [0.15, 0.2) is 47.4 Å². The summed E-state index contributed by atoms with van der Waals surface area (Å²) in [7, 11) is -2.42. The molecule has 0 radical (unpaired) electrons. The summed E-state index contributed by atoms with van der Waals surface area (Å²) >= 11 is 5.98. The van der Waals surface area contributed by atoms with Gasteiger partial charge in [-0.1, -0.05) is 23.7 Å². The van der Waals surface area contributed by atoms with Crippen LogP contribution in [0, 0.1) is 5.92 Å². The molecule has 6 nitrogen and oxygen atoms in total. The van der Waals surface area contributed by atoms with Crippen molar-refractivity contribution in [1.29, 1.82) is 0 Å². The molecule has 2 aromatic carbocycles. The van der Waals surface area contributed by atoms with E-state index in [0.717, 1.165) is 18.4 Å². The van der Waals surface area contributed by atoms with Gasteiger partial charge in [0.15, 0.2) is 0 Å². The van der Waals surface area contributed by atoms with E-state index in [1.54, 1.807) is 32.0 Å². The number of carbonyl (C=O) groups is 1. The molecule has 156 valence electrons. The highest BCUT2D eigenvalue weighted by atomic mass is 35.5. The van der Waals surface area contributed by atoms with Gasteiger partial charge in [0.05, 0.1) is 13.2 Å². The lowest BCUT2D eigenvalue weighted by molar-refractivity contribution is 0.0931. The van der Waals surface area contributed by atoms with E-state index in [0.29, 0.717) is 10.9 Å². The monoisotopic (exact) mass is 436 g/mol. The molecular weight excluding hydrogens is 412 g/mol. The van der Waals surface area contributed by atoms with E-state index < -0.39 is 10.0 Å². The number of halogens is 1. The van der Waals surface area contributed by atoms with Crippen molar-refractivity contribution in [3.63, 3.8) is 0 Å². The Kier molecular flexibility index (Phi) is 6.51. The molecular formula is C21H25ClN2O4S. The van der Waals surface area contributed by atoms with Gasteiger partial charge >= 0.3 is 0 Å². The van der Waals surface area contributed by atoms with Crippen LogP contribution in [0.3, 0.4) is 0 Å². The lowest BCUT2D eigenvalue weighted by atomic mass is 10.0. The van der Waals surface area contributed by atoms with Crippen molar-refractivity contribution in [2.45, 2.75) is 43.7 Å². The van der Waals surface area contributed by atoms with Crippen LogP contribution in [0.5, 0.6) is 5.75 Å². The first kappa shape index (κ1) is 21.6. The van der Waals surface area contributed by atoms with Crippen LogP contribution < -0.4 is 14.8 Å². The lowest BCUT2D eigenvalue weighted by Crippen LogP contribution is -2.32. The first-order chi connectivity index (χ1) is 13.7. The van der Waals surface area contributed by atoms with Gasteiger partial charge in [0.1, 0.15) is 10.6 Å². The van der Waals surface area contributed by atoms with E-state index in [1.165, 1.54) is 19.2 Å². The fourth-order valence-corrected chi connectivity index (χ4v) is 4.77. The van der Waals surface area contributed by atoms with E-state index >= 15 is 0 Å². The van der Waals surface area contributed by atoms with Crippen molar-refractivity contribution in [3.8, 4) is 5.75 Å². The lowest BCUT2D eigenvalue weighted by Gasteiger charge is -2.20. The summed E-state index contributed by atoms with van der Waals surface area (Å²) in [6.45, 7) is 3.46. The summed E-state index contributed by atoms with van der Waals surface area (Å²) in [6.07, 6.45) is 2.07. The minimum atomic E-state index is -3.82. The zero-order chi connectivity index (χ0) is 21.2. The van der Waals surface area contributed by atoms with Gasteiger partial charge in [-0.2, -0.15) is 0 Å². The van der Waals surface area contributed by atoms with Crippen LogP contribution in [0.1, 0.15) is 48.7 Å². The summed E-state index contributed by atoms with van der Waals surface area (Å²) in [5, 5.41) is 3.69. The Morgan fingerprint density at radius 1 is 1.14 bits per heavy atom. The number of carbonyl (C=O) groups excluding carboxylic acids is 1. The van der Waals surface area contributed by atoms with Gasteiger partial charge in [0.25, 0.3) is 5.91 Å². The largest absolute Gasteiger partial charge is 0.495 e. The Morgan fingerprint density at radius 3 is 2.34 bits per heavy atom. The van der Waals surface area contributed by atoms with Crippen molar-refractivity contribution in [3.05, 3.63) is 58.6 Å². The third-order valence-corrected chi connectivity index (χ3v) is 6.65. The number of nitrogens with one attached hydrogen (secondary N) is 2. The van der Waals surface area contributed by atoms with E-state index in [9.17, 15) is 13.2 Å². The highest BCUT2D eigenvalue weighted by Crippen LogP contribution is 2.41. The summed E-state index contributed by atoms with van der Waals surface area (Å²) < 4.78 is 33.0. The molecule has 0 bridgehead atoms. The summed E-state index contributed by atoms with van der Waals surface area (Å²) in [5.74, 6) is 0.218. The molecule has 29 heavy (non-hydrogen) atoms. The topological polar surface area (TPSA) is 84.5 Å². The molecule has 1 atom stereocenters. The van der Waals surface area contributed by atoms with Gasteiger partial charge in [-0.05, 0) is 68.5 Å². The van der Waals surface area contributed by atoms with Gasteiger partial charge in [-0.15, -0.1) is 0 Å². The van der Waals surface area contributed by atoms with Crippen molar-refractivity contribution >= 4 is 27.5 Å². The summed E-state index contributed by atoms with van der Waals surface area (Å²) in [4.78, 5) is 12.9. The number of ether oxygens (including phenoxy) is 1. The molecule has 0 aliphatic heterocycles. The van der Waals surface area contributed by atoms with E-state index in [4.69, 9.17) is 16.3 Å². The second kappa shape index (κ2) is 8.73. The Balaban J connectivity index is 1.88. The number of methoxy groups -OCH3 is 1. The Morgan fingerprint density at radius 2 is 1.79 bits per heavy atom. The predicted molar refractivity (Wildman–Crippen MR) is 113 cm³/mol. The average Bonchev–Trinajstić information content (AvgIpc) is 3.50. The molecule has 2 N–H and O–H groups in total. The number of hydrogen-bond donors (Lipinski definition) is 2. The van der Waals surface area contributed by atoms with Crippen molar-refractivity contribution in [2.24, 2.45) is 5.92 Å². The maximum Gasteiger partial charge on any atom is 0.251 e. The molecule has 8 heteroatoms. The number of hydrogen-bond acceptors (Lipinski definition) is 4. The minimum Gasteiger partial charge on any atom is -0.495 e. The fourth-order valence-electron chi connectivity index (χ4n) is 3.20. The summed E-state index contributed by atoms with van der Waals surface area (Å²) in [6, 6.07) is 11.4. The standard InChI is InChI=1S/C21H25ClN2O4S/c1-13(2)24-29(26,27)19-12-16(8-11-18(19)28-3)21(25)23-20(14-4-5-14)15-6-9-17(22)10-7-15/h6-14,20,24H,4-5H2,1-3H3,(H,23,25). The highest BCUT2D eigenvalue weighted by Gasteiger charge is 2.34. The molecule has 1 fully saturated rings. The molecule has 1 aliphatic rings. The molecule has 1 saturated carbocycles. The zero-order valence-electron chi connectivity index (χ0n) is 16.6. The van der Waals surface area contributed by atoms with Gasteiger partial charge < -0.3 is 10.1 Å². The maximum absolute atomic E-state index is 12.9. The van der Waals surface area contributed by atoms with Crippen LogP contribution in [0.2, 0.25) is 5.02 Å². The van der Waals surface area contributed by atoms with E-state index in [-0.39, 0.29) is 34.2 Å². The van der Waals surface area contributed by atoms with Crippen LogP contribution in [-0.2, 0) is 10.0 Å². The number of benzene rings is 2. The first-order valence-corrected chi connectivity index (χ1v) is 11.3. The number of rotatable bonds is 8. The number of sulfonamides is 1. The first-order valence-electron chi connectivity index (χ1n) is 9.48. The fraction of sp³-hybridized carbons (Fsp3) is 0.381. The van der Waals surface area contributed by atoms with Crippen molar-refractivity contribution in [2.75, 3.05) is 7.11 Å². The molecule has 2 aromatic rings. The Bertz CT molecular complexity index is 986. The SMILES string of the molecule is COc1ccc(C(=O)NC(c2ccc(Cl)cc2)C2CC2)cc1S(=O)(=O)NC(C)C. The maximum atomic E-state index is 12.9. The Hall–Kier alpha value is -2.09. The second-order valence-corrected chi connectivity index (χ2v) is 9.60. The highest BCUT2D eigenvalue weighted by molar-refractivity contribution is 7.89. The predicted octanol–water partition coefficient (Wildman–Crippen LogP) is 3.92. The third-order valence-electron chi connectivity index (χ3n) is 4.72. The number of amides is 1. The summed E-state index contributed by atoms with van der Waals surface area (Å²) in [5.41, 5.74) is 1.24.